The molecular weight excluding hydrogens is 352 g/mol. The van der Waals surface area contributed by atoms with Gasteiger partial charge in [0.15, 0.2) is 0 Å². The Hall–Kier alpha value is -2.42. The van der Waals surface area contributed by atoms with Crippen LogP contribution >= 0.6 is 22.7 Å². The molecule has 0 spiro atoms. The molecule has 0 radical (unpaired) electrons. The second-order valence-corrected chi connectivity index (χ2v) is 9.30. The second-order valence-electron chi connectivity index (χ2n) is 7.41. The molecule has 7 rings (SSSR count). The molecule has 2 aliphatic rings. The predicted octanol–water partition coefficient (Wildman–Crippen LogP) is 7.26. The molecule has 0 saturated heterocycles. The van der Waals surface area contributed by atoms with E-state index in [0.717, 1.165) is 12.8 Å². The van der Waals surface area contributed by atoms with Crippen molar-refractivity contribution in [2.24, 2.45) is 0 Å². The summed E-state index contributed by atoms with van der Waals surface area (Å²) < 4.78 is 2.81. The third kappa shape index (κ3) is 1.64. The Morgan fingerprint density at radius 1 is 0.538 bits per heavy atom. The highest BCUT2D eigenvalue weighted by Crippen LogP contribution is 2.48. The fourth-order valence-electron chi connectivity index (χ4n) is 4.89. The van der Waals surface area contributed by atoms with Gasteiger partial charge in [0.25, 0.3) is 0 Å². The van der Waals surface area contributed by atoms with Crippen molar-refractivity contribution >= 4 is 42.8 Å². The zero-order valence-corrected chi connectivity index (χ0v) is 15.6. The molecule has 2 heteroatoms. The molecular formula is C24H14S2. The van der Waals surface area contributed by atoms with Gasteiger partial charge in [-0.1, -0.05) is 12.1 Å². The fourth-order valence-corrected chi connectivity index (χ4v) is 6.51. The Balaban J connectivity index is 1.47. The van der Waals surface area contributed by atoms with Crippen LogP contribution in [-0.4, -0.2) is 0 Å². The first-order chi connectivity index (χ1) is 12.8. The van der Waals surface area contributed by atoms with E-state index in [1.807, 2.05) is 22.7 Å². The maximum atomic E-state index is 2.41. The van der Waals surface area contributed by atoms with E-state index in [-0.39, 0.29) is 0 Å². The molecule has 0 unspecified atom stereocenters. The summed E-state index contributed by atoms with van der Waals surface area (Å²) in [7, 11) is 0. The van der Waals surface area contributed by atoms with Crippen LogP contribution in [0.4, 0.5) is 0 Å². The summed E-state index contributed by atoms with van der Waals surface area (Å²) in [5.74, 6) is 0. The number of thiophene rings is 2. The zero-order chi connectivity index (χ0) is 16.8. The summed E-state index contributed by atoms with van der Waals surface area (Å²) >= 11 is 3.69. The number of hydrogen-bond acceptors (Lipinski definition) is 2. The molecule has 26 heavy (non-hydrogen) atoms. The van der Waals surface area contributed by atoms with Crippen LogP contribution < -0.4 is 0 Å². The van der Waals surface area contributed by atoms with Crippen molar-refractivity contribution in [1.82, 2.24) is 0 Å². The summed E-state index contributed by atoms with van der Waals surface area (Å²) in [6, 6.07) is 18.9. The SMILES string of the molecule is c1cc2cc3c(cc2s1)-c1ccc2c(c1C3)Cc1cc3ccsc3cc1-2. The summed E-state index contributed by atoms with van der Waals surface area (Å²) in [4.78, 5) is 0. The average Bonchev–Trinajstić information content (AvgIpc) is 3.40. The Morgan fingerprint density at radius 3 is 1.54 bits per heavy atom. The van der Waals surface area contributed by atoms with Gasteiger partial charge in [0, 0.05) is 9.40 Å². The lowest BCUT2D eigenvalue weighted by Crippen LogP contribution is -1.90. The minimum absolute atomic E-state index is 1.09. The Morgan fingerprint density at radius 2 is 1.04 bits per heavy atom. The van der Waals surface area contributed by atoms with Crippen LogP contribution in [0.15, 0.2) is 59.3 Å². The second kappa shape index (κ2) is 4.64. The Kier molecular flexibility index (Phi) is 2.45. The Bertz CT molecular complexity index is 1270. The molecule has 2 aromatic heterocycles. The molecule has 0 nitrogen and oxygen atoms in total. The minimum Gasteiger partial charge on any atom is -0.144 e. The highest BCUT2D eigenvalue weighted by Gasteiger charge is 2.28. The van der Waals surface area contributed by atoms with E-state index >= 15 is 0 Å². The van der Waals surface area contributed by atoms with Crippen molar-refractivity contribution in [3.63, 3.8) is 0 Å². The summed E-state index contributed by atoms with van der Waals surface area (Å²) in [5.41, 5.74) is 12.0. The zero-order valence-electron chi connectivity index (χ0n) is 14.0. The average molecular weight is 367 g/mol. The normalized spacial score (nSPS) is 13.8. The molecule has 2 heterocycles. The van der Waals surface area contributed by atoms with Crippen LogP contribution in [0, 0.1) is 0 Å². The number of fused-ring (bicyclic) bond motifs is 9. The maximum absolute atomic E-state index is 2.41. The van der Waals surface area contributed by atoms with E-state index in [4.69, 9.17) is 0 Å². The quantitative estimate of drug-likeness (QED) is 0.265. The van der Waals surface area contributed by atoms with Gasteiger partial charge in [-0.25, -0.2) is 0 Å². The van der Waals surface area contributed by atoms with Gasteiger partial charge in [0.2, 0.25) is 0 Å². The molecule has 0 N–H and O–H groups in total. The molecule has 0 saturated carbocycles. The monoisotopic (exact) mass is 366 g/mol. The van der Waals surface area contributed by atoms with Crippen molar-refractivity contribution < 1.29 is 0 Å². The van der Waals surface area contributed by atoms with Crippen LogP contribution in [0.25, 0.3) is 42.4 Å². The number of rotatable bonds is 0. The predicted molar refractivity (Wildman–Crippen MR) is 114 cm³/mol. The molecule has 2 aliphatic carbocycles. The van der Waals surface area contributed by atoms with Crippen molar-refractivity contribution in [3.05, 3.63) is 81.5 Å². The standard InChI is InChI=1S/C24H14S2/c1-2-18-20-12-24-14(4-6-26-24)8-16(20)10-22(18)21-9-15-7-13-3-5-25-23(13)11-19(15)17(1)21/h1-8,11-12H,9-10H2. The van der Waals surface area contributed by atoms with E-state index < -0.39 is 0 Å². The van der Waals surface area contributed by atoms with E-state index in [2.05, 4.69) is 59.3 Å². The van der Waals surface area contributed by atoms with Gasteiger partial charge in [0.1, 0.15) is 0 Å². The van der Waals surface area contributed by atoms with Crippen LogP contribution in [-0.2, 0) is 12.8 Å². The summed E-state index contributed by atoms with van der Waals surface area (Å²) in [6.45, 7) is 0. The van der Waals surface area contributed by atoms with E-state index in [0.29, 0.717) is 0 Å². The lowest BCUT2D eigenvalue weighted by Gasteiger charge is -2.07. The van der Waals surface area contributed by atoms with Gasteiger partial charge in [-0.15, -0.1) is 22.7 Å². The first kappa shape index (κ1) is 13.7. The third-order valence-corrected chi connectivity index (χ3v) is 7.86. The molecule has 0 amide bonds. The molecule has 0 atom stereocenters. The molecule has 0 fully saturated rings. The molecule has 0 bridgehead atoms. The van der Waals surface area contributed by atoms with Crippen LogP contribution in [0.1, 0.15) is 22.3 Å². The molecule has 5 aromatic rings. The maximum Gasteiger partial charge on any atom is 0.0349 e. The van der Waals surface area contributed by atoms with Gasteiger partial charge in [-0.2, -0.15) is 0 Å². The first-order valence-corrected chi connectivity index (χ1v) is 10.8. The number of benzene rings is 3. The van der Waals surface area contributed by atoms with Gasteiger partial charge in [-0.3, -0.25) is 0 Å². The van der Waals surface area contributed by atoms with E-state index in [1.165, 1.54) is 53.6 Å². The molecule has 122 valence electrons. The molecule has 0 aliphatic heterocycles. The lowest BCUT2D eigenvalue weighted by atomic mass is 9.96. The van der Waals surface area contributed by atoms with Crippen molar-refractivity contribution in [2.45, 2.75) is 12.8 Å². The van der Waals surface area contributed by atoms with E-state index in [1.54, 1.807) is 11.1 Å². The van der Waals surface area contributed by atoms with E-state index in [9.17, 15) is 0 Å². The number of hydrogen-bond donors (Lipinski definition) is 0. The van der Waals surface area contributed by atoms with Gasteiger partial charge in [-0.05, 0) is 115 Å². The summed E-state index contributed by atoms with van der Waals surface area (Å²) in [5, 5.41) is 7.18. The summed E-state index contributed by atoms with van der Waals surface area (Å²) in [6.07, 6.45) is 2.17. The van der Waals surface area contributed by atoms with Crippen LogP contribution in [0.5, 0.6) is 0 Å². The first-order valence-electron chi connectivity index (χ1n) is 9.01. The van der Waals surface area contributed by atoms with Gasteiger partial charge >= 0.3 is 0 Å². The van der Waals surface area contributed by atoms with Crippen molar-refractivity contribution in [3.8, 4) is 22.3 Å². The van der Waals surface area contributed by atoms with Gasteiger partial charge in [0.05, 0.1) is 0 Å². The van der Waals surface area contributed by atoms with Gasteiger partial charge < -0.3 is 0 Å². The largest absolute Gasteiger partial charge is 0.144 e. The topological polar surface area (TPSA) is 0 Å². The minimum atomic E-state index is 1.09. The lowest BCUT2D eigenvalue weighted by molar-refractivity contribution is 1.17. The molecule has 3 aromatic carbocycles. The van der Waals surface area contributed by atoms with Crippen LogP contribution in [0.3, 0.4) is 0 Å². The van der Waals surface area contributed by atoms with Crippen molar-refractivity contribution in [2.75, 3.05) is 0 Å². The van der Waals surface area contributed by atoms with Crippen molar-refractivity contribution in [1.29, 1.82) is 0 Å². The highest BCUT2D eigenvalue weighted by molar-refractivity contribution is 7.17. The smallest absolute Gasteiger partial charge is 0.0349 e. The Labute approximate surface area is 159 Å². The van der Waals surface area contributed by atoms with Crippen LogP contribution in [0.2, 0.25) is 0 Å². The highest BCUT2D eigenvalue weighted by atomic mass is 32.1. The third-order valence-electron chi connectivity index (χ3n) is 6.10. The fraction of sp³-hybridized carbons (Fsp3) is 0.0833.